The van der Waals surface area contributed by atoms with E-state index in [0.29, 0.717) is 23.1 Å². The van der Waals surface area contributed by atoms with Crippen molar-refractivity contribution in [1.29, 1.82) is 0 Å². The van der Waals surface area contributed by atoms with Crippen molar-refractivity contribution in [2.75, 3.05) is 12.9 Å². The molecule has 82 valence electrons. The van der Waals surface area contributed by atoms with Gasteiger partial charge in [0.25, 0.3) is 5.76 Å². The molecular weight excluding hydrogens is 222 g/mol. The third kappa shape index (κ3) is 3.87. The van der Waals surface area contributed by atoms with Crippen LogP contribution in [-0.2, 0) is 0 Å². The number of hydrogen-bond donors (Lipinski definition) is 0. The van der Waals surface area contributed by atoms with Crippen molar-refractivity contribution in [2.45, 2.75) is 5.76 Å². The second-order valence-corrected chi connectivity index (χ2v) is 3.70. The van der Waals surface area contributed by atoms with Crippen molar-refractivity contribution in [3.8, 4) is 5.75 Å². The fourth-order valence-corrected chi connectivity index (χ4v) is 1.44. The number of methoxy groups -OCH3 is 1. The number of ether oxygens (including phenoxy) is 1. The quantitative estimate of drug-likeness (QED) is 0.730. The highest BCUT2D eigenvalue weighted by Gasteiger charge is 2.10. The Morgan fingerprint density at radius 3 is 2.47 bits per heavy atom. The van der Waals surface area contributed by atoms with Crippen molar-refractivity contribution >= 4 is 17.5 Å². The minimum Gasteiger partial charge on any atom is -0.497 e. The fourth-order valence-electron chi connectivity index (χ4n) is 0.999. The summed E-state index contributed by atoms with van der Waals surface area (Å²) in [6, 6.07) is 6.38. The molecule has 0 fully saturated rings. The molecule has 2 nitrogen and oxygen atoms in total. The fraction of sp³-hybridized carbons (Fsp3) is 0.300. The molecule has 0 atom stereocenters. The van der Waals surface area contributed by atoms with Crippen LogP contribution in [0, 0.1) is 0 Å². The van der Waals surface area contributed by atoms with E-state index in [-0.39, 0.29) is 11.5 Å². The van der Waals surface area contributed by atoms with Crippen molar-refractivity contribution < 1.29 is 18.3 Å². The van der Waals surface area contributed by atoms with Gasteiger partial charge in [-0.3, -0.25) is 4.79 Å². The van der Waals surface area contributed by atoms with E-state index in [1.807, 2.05) is 0 Å². The summed E-state index contributed by atoms with van der Waals surface area (Å²) in [6.45, 7) is 0. The first-order valence-electron chi connectivity index (χ1n) is 4.20. The molecule has 0 aliphatic rings. The molecule has 5 heteroatoms. The minimum absolute atomic E-state index is 0.204. The van der Waals surface area contributed by atoms with Gasteiger partial charge in [-0.25, -0.2) is 0 Å². The first kappa shape index (κ1) is 12.0. The zero-order valence-electron chi connectivity index (χ0n) is 8.07. The molecule has 0 spiro atoms. The predicted molar refractivity (Wildman–Crippen MR) is 55.8 cm³/mol. The van der Waals surface area contributed by atoms with Crippen LogP contribution in [0.5, 0.6) is 5.75 Å². The molecular formula is C10H10F2O2S. The molecule has 0 saturated carbocycles. The van der Waals surface area contributed by atoms with Gasteiger partial charge < -0.3 is 4.74 Å². The van der Waals surface area contributed by atoms with Gasteiger partial charge in [0.2, 0.25) is 0 Å². The minimum atomic E-state index is -2.51. The van der Waals surface area contributed by atoms with Crippen molar-refractivity contribution in [1.82, 2.24) is 0 Å². The highest BCUT2D eigenvalue weighted by molar-refractivity contribution is 8.00. The van der Waals surface area contributed by atoms with Gasteiger partial charge in [0, 0.05) is 5.56 Å². The van der Waals surface area contributed by atoms with Crippen LogP contribution in [0.3, 0.4) is 0 Å². The molecule has 0 amide bonds. The van der Waals surface area contributed by atoms with Crippen LogP contribution in [-0.4, -0.2) is 24.4 Å². The maximum atomic E-state index is 11.8. The molecule has 15 heavy (non-hydrogen) atoms. The molecule has 1 aromatic rings. The Bertz CT molecular complexity index is 325. The van der Waals surface area contributed by atoms with Gasteiger partial charge >= 0.3 is 0 Å². The van der Waals surface area contributed by atoms with E-state index in [2.05, 4.69) is 0 Å². The maximum Gasteiger partial charge on any atom is 0.285 e. The highest BCUT2D eigenvalue weighted by Crippen LogP contribution is 2.17. The third-order valence-corrected chi connectivity index (χ3v) is 2.43. The second kappa shape index (κ2) is 5.70. The van der Waals surface area contributed by atoms with Crippen molar-refractivity contribution in [2.24, 2.45) is 0 Å². The van der Waals surface area contributed by atoms with E-state index < -0.39 is 5.76 Å². The topological polar surface area (TPSA) is 26.3 Å². The average Bonchev–Trinajstić information content (AvgIpc) is 2.26. The van der Waals surface area contributed by atoms with Crippen LogP contribution in [0.25, 0.3) is 0 Å². The summed E-state index contributed by atoms with van der Waals surface area (Å²) in [6.07, 6.45) is 0. The van der Waals surface area contributed by atoms with Gasteiger partial charge in [-0.2, -0.15) is 8.78 Å². The van der Waals surface area contributed by atoms with E-state index >= 15 is 0 Å². The zero-order valence-corrected chi connectivity index (χ0v) is 8.89. The summed E-state index contributed by atoms with van der Waals surface area (Å²) < 4.78 is 28.6. The maximum absolute atomic E-state index is 11.8. The van der Waals surface area contributed by atoms with Crippen LogP contribution in [0.4, 0.5) is 8.78 Å². The number of Topliss-reactive ketones (excluding diaryl/α,β-unsaturated/α-hetero) is 1. The number of thioether (sulfide) groups is 1. The summed E-state index contributed by atoms with van der Waals surface area (Å²) >= 11 is 0.330. The number of alkyl halides is 2. The molecule has 1 rings (SSSR count). The smallest absolute Gasteiger partial charge is 0.285 e. The molecule has 0 unspecified atom stereocenters. The van der Waals surface area contributed by atoms with Crippen LogP contribution in [0.15, 0.2) is 24.3 Å². The largest absolute Gasteiger partial charge is 0.497 e. The molecule has 0 saturated heterocycles. The van der Waals surface area contributed by atoms with Crippen molar-refractivity contribution in [3.63, 3.8) is 0 Å². The number of rotatable bonds is 5. The lowest BCUT2D eigenvalue weighted by Gasteiger charge is -2.02. The summed E-state index contributed by atoms with van der Waals surface area (Å²) in [7, 11) is 1.52. The first-order valence-corrected chi connectivity index (χ1v) is 5.25. The Balaban J connectivity index is 2.58. The lowest BCUT2D eigenvalue weighted by atomic mass is 10.1. The van der Waals surface area contributed by atoms with E-state index in [1.54, 1.807) is 24.3 Å². The summed E-state index contributed by atoms with van der Waals surface area (Å²) in [5.74, 6) is -2.38. The monoisotopic (exact) mass is 232 g/mol. The zero-order chi connectivity index (χ0) is 11.3. The van der Waals surface area contributed by atoms with Gasteiger partial charge in [0.05, 0.1) is 12.9 Å². The number of carbonyl (C=O) groups is 1. The van der Waals surface area contributed by atoms with Crippen LogP contribution in [0.1, 0.15) is 10.4 Å². The van der Waals surface area contributed by atoms with Gasteiger partial charge in [0.1, 0.15) is 5.75 Å². The van der Waals surface area contributed by atoms with Crippen LogP contribution < -0.4 is 4.74 Å². The van der Waals surface area contributed by atoms with Gasteiger partial charge in [-0.1, -0.05) is 11.8 Å². The summed E-state index contributed by atoms with van der Waals surface area (Å²) in [5, 5.41) is 0. The van der Waals surface area contributed by atoms with E-state index in [1.165, 1.54) is 7.11 Å². The Kier molecular flexibility index (Phi) is 4.55. The molecule has 0 N–H and O–H groups in total. The number of hydrogen-bond acceptors (Lipinski definition) is 3. The van der Waals surface area contributed by atoms with Crippen molar-refractivity contribution in [3.05, 3.63) is 29.8 Å². The van der Waals surface area contributed by atoms with Gasteiger partial charge in [-0.15, -0.1) is 0 Å². The SMILES string of the molecule is COc1ccc(C(=O)CSC(F)F)cc1. The Morgan fingerprint density at radius 2 is 2.00 bits per heavy atom. The third-order valence-electron chi connectivity index (χ3n) is 1.75. The highest BCUT2D eigenvalue weighted by atomic mass is 32.2. The Labute approximate surface area is 90.6 Å². The Hall–Kier alpha value is -1.10. The van der Waals surface area contributed by atoms with E-state index in [4.69, 9.17) is 4.74 Å². The number of halogens is 2. The Morgan fingerprint density at radius 1 is 1.40 bits per heavy atom. The molecule has 0 aliphatic carbocycles. The summed E-state index contributed by atoms with van der Waals surface area (Å²) in [5.41, 5.74) is 0.420. The first-order chi connectivity index (χ1) is 7.13. The predicted octanol–water partition coefficient (Wildman–Crippen LogP) is 2.83. The van der Waals surface area contributed by atoms with E-state index in [9.17, 15) is 13.6 Å². The normalized spacial score (nSPS) is 10.4. The number of carbonyl (C=O) groups excluding carboxylic acids is 1. The molecule has 0 bridgehead atoms. The number of benzene rings is 1. The van der Waals surface area contributed by atoms with E-state index in [0.717, 1.165) is 0 Å². The van der Waals surface area contributed by atoms with Gasteiger partial charge in [-0.05, 0) is 24.3 Å². The average molecular weight is 232 g/mol. The molecule has 0 aliphatic heterocycles. The molecule has 0 aromatic heterocycles. The number of ketones is 1. The summed E-state index contributed by atoms with van der Waals surface area (Å²) in [4.78, 5) is 11.4. The second-order valence-electron chi connectivity index (χ2n) is 2.72. The molecule has 1 aromatic carbocycles. The lowest BCUT2D eigenvalue weighted by molar-refractivity contribution is 0.102. The molecule has 0 heterocycles. The van der Waals surface area contributed by atoms with Gasteiger partial charge in [0.15, 0.2) is 5.78 Å². The standard InChI is InChI=1S/C10H10F2O2S/c1-14-8-4-2-7(3-5-8)9(13)6-15-10(11)12/h2-5,10H,6H2,1H3. The van der Waals surface area contributed by atoms with Crippen LogP contribution in [0.2, 0.25) is 0 Å². The van der Waals surface area contributed by atoms with Crippen LogP contribution >= 0.6 is 11.8 Å². The molecule has 0 radical (unpaired) electrons. The lowest BCUT2D eigenvalue weighted by Crippen LogP contribution is -2.03.